The molecule has 1 aromatic carbocycles. The van der Waals surface area contributed by atoms with E-state index < -0.39 is 35.8 Å². The summed E-state index contributed by atoms with van der Waals surface area (Å²) in [5.41, 5.74) is 1.17. The number of rotatable bonds is 12. The van der Waals surface area contributed by atoms with Crippen molar-refractivity contribution in [1.29, 1.82) is 0 Å². The Hall–Kier alpha value is -3.69. The zero-order chi connectivity index (χ0) is 27.9. The lowest BCUT2D eigenvalue weighted by molar-refractivity contribution is -0.132. The fourth-order valence-corrected chi connectivity index (χ4v) is 5.63. The molecule has 0 spiro atoms. The Labute approximate surface area is 228 Å². The van der Waals surface area contributed by atoms with Crippen molar-refractivity contribution in [3.63, 3.8) is 0 Å². The molecule has 1 unspecified atom stereocenters. The number of fused-ring (bicyclic) bond motifs is 1. The van der Waals surface area contributed by atoms with Gasteiger partial charge in [-0.15, -0.1) is 0 Å². The van der Waals surface area contributed by atoms with Gasteiger partial charge in [0, 0.05) is 23.4 Å². The third-order valence-corrected chi connectivity index (χ3v) is 7.88. The van der Waals surface area contributed by atoms with Crippen molar-refractivity contribution in [2.24, 2.45) is 17.8 Å². The average molecular weight is 538 g/mol. The van der Waals surface area contributed by atoms with Crippen LogP contribution in [0.15, 0.2) is 30.3 Å². The van der Waals surface area contributed by atoms with Crippen molar-refractivity contribution in [3.8, 4) is 0 Å². The topological polar surface area (TPSA) is 149 Å². The van der Waals surface area contributed by atoms with E-state index in [0.29, 0.717) is 31.4 Å². The van der Waals surface area contributed by atoms with E-state index in [9.17, 15) is 24.0 Å². The number of hydrogen-bond acceptors (Lipinski definition) is 5. The second-order valence-electron chi connectivity index (χ2n) is 11.2. The van der Waals surface area contributed by atoms with Crippen LogP contribution >= 0.6 is 0 Å². The molecule has 0 radical (unpaired) electrons. The van der Waals surface area contributed by atoms with Gasteiger partial charge in [-0.3, -0.25) is 19.2 Å². The normalized spacial score (nSPS) is 19.9. The standard InChI is InChI=1S/C29H39N5O5/c1-17(2)25(34-28(38)24-15-19-9-5-6-10-22(19)32-24)29(39)33-23(13-18-7-3-4-8-18)27(37)31-21(16-35)14-20-11-12-30-26(20)36/h5-6,9-10,15-18,20-21,23,25,32H,3-4,7-8,11-14H2,1-2H3,(H,30,36)(H,31,37)(H,33,39)(H,34,38)/t20-,21-,23-,25?/m0/s1. The molecule has 1 saturated heterocycles. The SMILES string of the molecule is CC(C)C(NC(=O)c1cc2ccccc2[nH]1)C(=O)N[C@@H](CC1CCCC1)C(=O)N[C@H](C=O)C[C@@H]1CCNC1=O. The maximum absolute atomic E-state index is 13.5. The van der Waals surface area contributed by atoms with E-state index in [0.717, 1.165) is 36.6 Å². The van der Waals surface area contributed by atoms with Gasteiger partial charge in [0.05, 0.1) is 6.04 Å². The first-order valence-corrected chi connectivity index (χ1v) is 14.0. The molecule has 5 N–H and O–H groups in total. The molecule has 4 amide bonds. The number of H-pyrrole nitrogens is 1. The minimum atomic E-state index is -0.869. The summed E-state index contributed by atoms with van der Waals surface area (Å²) in [7, 11) is 0. The second-order valence-corrected chi connectivity index (χ2v) is 11.2. The van der Waals surface area contributed by atoms with Crippen molar-refractivity contribution in [2.45, 2.75) is 76.9 Å². The smallest absolute Gasteiger partial charge is 0.268 e. The van der Waals surface area contributed by atoms with Crippen molar-refractivity contribution in [2.75, 3.05) is 6.54 Å². The van der Waals surface area contributed by atoms with E-state index in [1.54, 1.807) is 6.07 Å². The van der Waals surface area contributed by atoms with E-state index in [-0.39, 0.29) is 30.1 Å². The molecule has 1 aromatic heterocycles. The monoisotopic (exact) mass is 537 g/mol. The highest BCUT2D eigenvalue weighted by molar-refractivity contribution is 6.00. The Morgan fingerprint density at radius 3 is 2.38 bits per heavy atom. The van der Waals surface area contributed by atoms with Crippen LogP contribution in [0.25, 0.3) is 10.9 Å². The molecule has 210 valence electrons. The third kappa shape index (κ3) is 7.25. The fourth-order valence-electron chi connectivity index (χ4n) is 5.63. The van der Waals surface area contributed by atoms with Crippen LogP contribution in [0.1, 0.15) is 69.3 Å². The molecule has 1 aliphatic carbocycles. The van der Waals surface area contributed by atoms with Gasteiger partial charge in [-0.05, 0) is 43.2 Å². The lowest BCUT2D eigenvalue weighted by Gasteiger charge is -2.27. The van der Waals surface area contributed by atoms with Crippen LogP contribution < -0.4 is 21.3 Å². The number of para-hydroxylation sites is 1. The van der Waals surface area contributed by atoms with Gasteiger partial charge in [0.25, 0.3) is 5.91 Å². The van der Waals surface area contributed by atoms with Crippen LogP contribution in [0.4, 0.5) is 0 Å². The molecule has 39 heavy (non-hydrogen) atoms. The molecule has 10 heteroatoms. The first-order valence-electron chi connectivity index (χ1n) is 14.0. The van der Waals surface area contributed by atoms with Gasteiger partial charge in [-0.25, -0.2) is 0 Å². The maximum Gasteiger partial charge on any atom is 0.268 e. The molecule has 2 fully saturated rings. The highest BCUT2D eigenvalue weighted by atomic mass is 16.2. The fraction of sp³-hybridized carbons (Fsp3) is 0.552. The van der Waals surface area contributed by atoms with Crippen molar-refractivity contribution < 1.29 is 24.0 Å². The van der Waals surface area contributed by atoms with E-state index in [1.165, 1.54) is 0 Å². The van der Waals surface area contributed by atoms with E-state index in [2.05, 4.69) is 26.3 Å². The van der Waals surface area contributed by atoms with Gasteiger partial charge >= 0.3 is 0 Å². The predicted molar refractivity (Wildman–Crippen MR) is 147 cm³/mol. The summed E-state index contributed by atoms with van der Waals surface area (Å²) < 4.78 is 0. The lowest BCUT2D eigenvalue weighted by atomic mass is 9.95. The van der Waals surface area contributed by atoms with Crippen LogP contribution in [0, 0.1) is 17.8 Å². The van der Waals surface area contributed by atoms with Gasteiger partial charge in [0.15, 0.2) is 0 Å². The van der Waals surface area contributed by atoms with Gasteiger partial charge in [-0.1, -0.05) is 57.7 Å². The second kappa shape index (κ2) is 12.9. The van der Waals surface area contributed by atoms with Crippen molar-refractivity contribution >= 4 is 40.8 Å². The first-order chi connectivity index (χ1) is 18.7. The predicted octanol–water partition coefficient (Wildman–Crippen LogP) is 2.20. The number of carbonyl (C=O) groups excluding carboxylic acids is 5. The van der Waals surface area contributed by atoms with E-state index in [4.69, 9.17) is 0 Å². The van der Waals surface area contributed by atoms with Gasteiger partial charge < -0.3 is 31.0 Å². The summed E-state index contributed by atoms with van der Waals surface area (Å²) in [6.45, 7) is 4.22. The maximum atomic E-state index is 13.5. The number of hydrogen-bond donors (Lipinski definition) is 5. The highest BCUT2D eigenvalue weighted by Gasteiger charge is 2.33. The molecule has 4 atom stereocenters. The van der Waals surface area contributed by atoms with Crippen molar-refractivity contribution in [3.05, 3.63) is 36.0 Å². The number of aromatic nitrogens is 1. The number of nitrogens with one attached hydrogen (secondary N) is 5. The number of amides is 4. The van der Waals surface area contributed by atoms with Crippen LogP contribution in [-0.4, -0.2) is 59.6 Å². The number of aldehydes is 1. The first kappa shape index (κ1) is 28.3. The summed E-state index contributed by atoms with van der Waals surface area (Å²) in [4.78, 5) is 66.6. The summed E-state index contributed by atoms with van der Waals surface area (Å²) in [5.74, 6) is -1.70. The zero-order valence-electron chi connectivity index (χ0n) is 22.6. The zero-order valence-corrected chi connectivity index (χ0v) is 22.6. The van der Waals surface area contributed by atoms with Crippen molar-refractivity contribution in [1.82, 2.24) is 26.3 Å². The molecule has 4 rings (SSSR count). The molecule has 2 heterocycles. The molecular weight excluding hydrogens is 498 g/mol. The average Bonchev–Trinajstić information content (AvgIpc) is 3.67. The summed E-state index contributed by atoms with van der Waals surface area (Å²) in [6, 6.07) is 6.72. The Morgan fingerprint density at radius 2 is 1.74 bits per heavy atom. The van der Waals surface area contributed by atoms with E-state index in [1.807, 2.05) is 38.1 Å². The lowest BCUT2D eigenvalue weighted by Crippen LogP contribution is -2.57. The van der Waals surface area contributed by atoms with Crippen LogP contribution in [0.2, 0.25) is 0 Å². The summed E-state index contributed by atoms with van der Waals surface area (Å²) in [5, 5.41) is 12.1. The molecule has 2 aliphatic rings. The highest BCUT2D eigenvalue weighted by Crippen LogP contribution is 2.29. The van der Waals surface area contributed by atoms with Gasteiger partial charge in [-0.2, -0.15) is 0 Å². The van der Waals surface area contributed by atoms with Crippen LogP contribution in [0.3, 0.4) is 0 Å². The molecule has 1 aliphatic heterocycles. The van der Waals surface area contributed by atoms with Crippen LogP contribution in [-0.2, 0) is 19.2 Å². The molecule has 0 bridgehead atoms. The third-order valence-electron chi connectivity index (χ3n) is 7.88. The molecule has 10 nitrogen and oxygen atoms in total. The number of aromatic amines is 1. The quantitative estimate of drug-likeness (QED) is 0.263. The Kier molecular flexibility index (Phi) is 9.37. The summed E-state index contributed by atoms with van der Waals surface area (Å²) in [6.07, 6.45) is 6.05. The number of benzene rings is 1. The summed E-state index contributed by atoms with van der Waals surface area (Å²) >= 11 is 0. The molecule has 1 saturated carbocycles. The Balaban J connectivity index is 1.44. The van der Waals surface area contributed by atoms with Gasteiger partial charge in [0.2, 0.25) is 17.7 Å². The minimum Gasteiger partial charge on any atom is -0.356 e. The number of carbonyl (C=O) groups is 5. The van der Waals surface area contributed by atoms with E-state index >= 15 is 0 Å². The minimum absolute atomic E-state index is 0.114. The van der Waals surface area contributed by atoms with Crippen LogP contribution in [0.5, 0.6) is 0 Å². The Morgan fingerprint density at radius 1 is 1.00 bits per heavy atom. The molecular formula is C29H39N5O5. The molecule has 2 aromatic rings. The largest absolute Gasteiger partial charge is 0.356 e. The Bertz CT molecular complexity index is 1170. The van der Waals surface area contributed by atoms with Gasteiger partial charge in [0.1, 0.15) is 24.1 Å².